The van der Waals surface area contributed by atoms with Crippen LogP contribution in [-0.4, -0.2) is 49.1 Å². The molecular formula is C21H37N5S. The van der Waals surface area contributed by atoms with Crippen LogP contribution in [0.25, 0.3) is 0 Å². The molecule has 5 nitrogen and oxygen atoms in total. The van der Waals surface area contributed by atoms with Crippen molar-refractivity contribution in [1.29, 1.82) is 0 Å². The van der Waals surface area contributed by atoms with E-state index in [2.05, 4.69) is 37.8 Å². The summed E-state index contributed by atoms with van der Waals surface area (Å²) in [7, 11) is 1.88. The van der Waals surface area contributed by atoms with Crippen molar-refractivity contribution in [2.45, 2.75) is 64.8 Å². The maximum Gasteiger partial charge on any atom is 0.190 e. The molecule has 1 aromatic heterocycles. The Balaban J connectivity index is 1.26. The number of thiazole rings is 1. The Hall–Kier alpha value is -1.14. The van der Waals surface area contributed by atoms with Gasteiger partial charge < -0.3 is 10.6 Å². The summed E-state index contributed by atoms with van der Waals surface area (Å²) in [5.41, 5.74) is 1.23. The van der Waals surface area contributed by atoms with E-state index in [9.17, 15) is 0 Å². The van der Waals surface area contributed by atoms with Gasteiger partial charge in [-0.2, -0.15) is 0 Å². The van der Waals surface area contributed by atoms with E-state index in [4.69, 9.17) is 0 Å². The molecule has 6 heteroatoms. The average Bonchev–Trinajstić information content (AvgIpc) is 3.34. The number of aromatic nitrogens is 1. The second-order valence-electron chi connectivity index (χ2n) is 8.25. The van der Waals surface area contributed by atoms with E-state index in [1.54, 1.807) is 11.3 Å². The highest BCUT2D eigenvalue weighted by atomic mass is 32.1. The minimum Gasteiger partial charge on any atom is -0.356 e. The second-order valence-corrected chi connectivity index (χ2v) is 9.31. The van der Waals surface area contributed by atoms with Crippen LogP contribution in [0.2, 0.25) is 0 Å². The van der Waals surface area contributed by atoms with Gasteiger partial charge in [-0.15, -0.1) is 11.3 Å². The lowest BCUT2D eigenvalue weighted by atomic mass is 9.97. The van der Waals surface area contributed by atoms with E-state index in [1.165, 1.54) is 75.2 Å². The Morgan fingerprint density at radius 2 is 1.96 bits per heavy atom. The summed E-state index contributed by atoms with van der Waals surface area (Å²) >= 11 is 1.75. The highest BCUT2D eigenvalue weighted by Gasteiger charge is 2.20. The molecular weight excluding hydrogens is 354 g/mol. The molecule has 0 radical (unpaired) electrons. The van der Waals surface area contributed by atoms with Crippen molar-refractivity contribution in [3.05, 3.63) is 16.1 Å². The van der Waals surface area contributed by atoms with Gasteiger partial charge >= 0.3 is 0 Å². The third-order valence-corrected chi connectivity index (χ3v) is 6.92. The molecule has 1 saturated carbocycles. The summed E-state index contributed by atoms with van der Waals surface area (Å²) in [4.78, 5) is 11.5. The molecule has 1 aliphatic carbocycles. The van der Waals surface area contributed by atoms with Gasteiger partial charge in [-0.25, -0.2) is 4.98 Å². The van der Waals surface area contributed by atoms with Gasteiger partial charge in [-0.05, 0) is 57.5 Å². The lowest BCUT2D eigenvalue weighted by molar-refractivity contribution is 0.176. The van der Waals surface area contributed by atoms with E-state index in [1.807, 2.05) is 7.05 Å². The van der Waals surface area contributed by atoms with Crippen molar-refractivity contribution in [3.63, 3.8) is 0 Å². The van der Waals surface area contributed by atoms with Gasteiger partial charge in [0, 0.05) is 32.1 Å². The molecule has 0 atom stereocenters. The van der Waals surface area contributed by atoms with Crippen LogP contribution < -0.4 is 10.6 Å². The zero-order valence-electron chi connectivity index (χ0n) is 17.2. The summed E-state index contributed by atoms with van der Waals surface area (Å²) < 4.78 is 0. The number of nitrogens with one attached hydrogen (secondary N) is 2. The van der Waals surface area contributed by atoms with Crippen LogP contribution >= 0.6 is 11.3 Å². The first-order valence-electron chi connectivity index (χ1n) is 10.8. The minimum absolute atomic E-state index is 0.746. The largest absolute Gasteiger partial charge is 0.356 e. The number of aliphatic imine (C=N–C) groups is 1. The number of guanidine groups is 1. The van der Waals surface area contributed by atoms with Gasteiger partial charge in [0.1, 0.15) is 0 Å². The second kappa shape index (κ2) is 11.0. The number of hydrogen-bond donors (Lipinski definition) is 2. The average molecular weight is 392 g/mol. The van der Waals surface area contributed by atoms with Crippen LogP contribution in [0.5, 0.6) is 0 Å². The van der Waals surface area contributed by atoms with E-state index in [0.29, 0.717) is 0 Å². The first-order valence-corrected chi connectivity index (χ1v) is 11.7. The van der Waals surface area contributed by atoms with Crippen molar-refractivity contribution in [3.8, 4) is 0 Å². The van der Waals surface area contributed by atoms with Gasteiger partial charge in [0.15, 0.2) is 5.96 Å². The Kier molecular flexibility index (Phi) is 8.39. The molecule has 2 fully saturated rings. The Bertz CT molecular complexity index is 571. The fourth-order valence-corrected chi connectivity index (χ4v) is 5.02. The molecule has 0 bridgehead atoms. The maximum atomic E-state index is 4.60. The van der Waals surface area contributed by atoms with Crippen molar-refractivity contribution in [2.75, 3.05) is 33.2 Å². The van der Waals surface area contributed by atoms with Gasteiger partial charge in [0.05, 0.1) is 10.7 Å². The molecule has 1 aromatic rings. The molecule has 152 valence electrons. The minimum atomic E-state index is 0.746. The lowest BCUT2D eigenvalue weighted by Gasteiger charge is -2.31. The third-order valence-electron chi connectivity index (χ3n) is 6.10. The fourth-order valence-electron chi connectivity index (χ4n) is 4.42. The molecule has 1 aliphatic heterocycles. The van der Waals surface area contributed by atoms with Crippen molar-refractivity contribution < 1.29 is 0 Å². The summed E-state index contributed by atoms with van der Waals surface area (Å²) in [6.07, 6.45) is 11.0. The zero-order chi connectivity index (χ0) is 18.9. The summed E-state index contributed by atoms with van der Waals surface area (Å²) in [6, 6.07) is 0. The van der Waals surface area contributed by atoms with Crippen LogP contribution in [0.3, 0.4) is 0 Å². The number of piperidine rings is 1. The predicted molar refractivity (Wildman–Crippen MR) is 115 cm³/mol. The van der Waals surface area contributed by atoms with E-state index < -0.39 is 0 Å². The molecule has 0 unspecified atom stereocenters. The van der Waals surface area contributed by atoms with E-state index in [0.717, 1.165) is 37.4 Å². The first kappa shape index (κ1) is 20.6. The summed E-state index contributed by atoms with van der Waals surface area (Å²) in [5.74, 6) is 2.71. The van der Waals surface area contributed by atoms with E-state index >= 15 is 0 Å². The van der Waals surface area contributed by atoms with Crippen LogP contribution in [0.1, 0.15) is 62.1 Å². The third kappa shape index (κ3) is 7.07. The molecule has 0 spiro atoms. The predicted octanol–water partition coefficient (Wildman–Crippen LogP) is 3.80. The van der Waals surface area contributed by atoms with Crippen molar-refractivity contribution in [2.24, 2.45) is 16.8 Å². The van der Waals surface area contributed by atoms with Gasteiger partial charge in [-0.3, -0.25) is 9.89 Å². The summed E-state index contributed by atoms with van der Waals surface area (Å²) in [5, 5.41) is 10.4. The van der Waals surface area contributed by atoms with Crippen LogP contribution in [-0.2, 0) is 6.54 Å². The molecule has 2 aliphatic rings. The number of likely N-dealkylation sites (tertiary alicyclic amines) is 1. The van der Waals surface area contributed by atoms with Gasteiger partial charge in [0.2, 0.25) is 0 Å². The van der Waals surface area contributed by atoms with Gasteiger partial charge in [0.25, 0.3) is 0 Å². The quantitative estimate of drug-likeness (QED) is 0.402. The van der Waals surface area contributed by atoms with Crippen molar-refractivity contribution in [1.82, 2.24) is 20.5 Å². The number of nitrogens with zero attached hydrogens (tertiary/aromatic N) is 3. The topological polar surface area (TPSA) is 52.6 Å². The number of rotatable bonds is 8. The van der Waals surface area contributed by atoms with Crippen LogP contribution in [0.15, 0.2) is 10.4 Å². The molecule has 0 amide bonds. The monoisotopic (exact) mass is 391 g/mol. The first-order chi connectivity index (χ1) is 13.2. The molecule has 3 rings (SSSR count). The van der Waals surface area contributed by atoms with E-state index in [-0.39, 0.29) is 0 Å². The number of hydrogen-bond acceptors (Lipinski definition) is 4. The smallest absolute Gasteiger partial charge is 0.190 e. The molecule has 2 N–H and O–H groups in total. The standard InChI is InChI=1S/C21H37N5S/c1-17-25-20(16-27-17)15-26-12-9-19(10-13-26)14-24-21(22-2)23-11-5-8-18-6-3-4-7-18/h16,18-19H,3-15H2,1-2H3,(H2,22,23,24). The highest BCUT2D eigenvalue weighted by molar-refractivity contribution is 7.09. The Morgan fingerprint density at radius 1 is 1.19 bits per heavy atom. The summed E-state index contributed by atoms with van der Waals surface area (Å²) in [6.45, 7) is 7.52. The SMILES string of the molecule is CN=C(NCCCC1CCCC1)NCC1CCN(Cc2csc(C)n2)CC1. The fraction of sp³-hybridized carbons (Fsp3) is 0.810. The normalized spacial score (nSPS) is 20.3. The van der Waals surface area contributed by atoms with Crippen LogP contribution in [0, 0.1) is 18.8 Å². The molecule has 1 saturated heterocycles. The van der Waals surface area contributed by atoms with Crippen molar-refractivity contribution >= 4 is 17.3 Å². The molecule has 0 aromatic carbocycles. The zero-order valence-corrected chi connectivity index (χ0v) is 18.0. The Morgan fingerprint density at radius 3 is 2.63 bits per heavy atom. The lowest BCUT2D eigenvalue weighted by Crippen LogP contribution is -2.43. The number of aryl methyl sites for hydroxylation is 1. The maximum absolute atomic E-state index is 4.60. The molecule has 2 heterocycles. The molecule has 27 heavy (non-hydrogen) atoms. The highest BCUT2D eigenvalue weighted by Crippen LogP contribution is 2.28. The van der Waals surface area contributed by atoms with Crippen LogP contribution in [0.4, 0.5) is 0 Å². The van der Waals surface area contributed by atoms with Gasteiger partial charge in [-0.1, -0.05) is 25.7 Å². The Labute approximate surface area is 169 Å².